The van der Waals surface area contributed by atoms with Gasteiger partial charge in [0.1, 0.15) is 11.8 Å². The Hall–Kier alpha value is -3.19. The van der Waals surface area contributed by atoms with E-state index in [1.807, 2.05) is 0 Å². The molecule has 0 fully saturated rings. The summed E-state index contributed by atoms with van der Waals surface area (Å²) in [6.45, 7) is -0.00217. The third-order valence-electron chi connectivity index (χ3n) is 5.44. The van der Waals surface area contributed by atoms with E-state index in [4.69, 9.17) is 23.2 Å². The fourth-order valence-electron chi connectivity index (χ4n) is 3.64. The van der Waals surface area contributed by atoms with Crippen molar-refractivity contribution in [1.82, 2.24) is 23.9 Å². The molecule has 0 bridgehead atoms. The molecule has 4 rings (SSSR count). The summed E-state index contributed by atoms with van der Waals surface area (Å²) in [7, 11) is 0. The highest BCUT2D eigenvalue weighted by molar-refractivity contribution is 6.31. The topological polar surface area (TPSA) is 98.1 Å². The van der Waals surface area contributed by atoms with Crippen molar-refractivity contribution >= 4 is 23.2 Å². The fraction of sp³-hybridized carbons (Fsp3) is 0.261. The van der Waals surface area contributed by atoms with E-state index >= 15 is 0 Å². The first-order valence-electron chi connectivity index (χ1n) is 10.8. The predicted molar refractivity (Wildman–Crippen MR) is 127 cm³/mol. The number of imidazole rings is 1. The summed E-state index contributed by atoms with van der Waals surface area (Å²) >= 11 is 11.8. The van der Waals surface area contributed by atoms with E-state index < -0.39 is 36.4 Å². The molecule has 0 aliphatic carbocycles. The number of aromatic nitrogens is 5. The van der Waals surface area contributed by atoms with Gasteiger partial charge in [-0.25, -0.2) is 18.9 Å². The van der Waals surface area contributed by atoms with Crippen LogP contribution in [0.4, 0.5) is 17.6 Å². The van der Waals surface area contributed by atoms with Crippen molar-refractivity contribution in [3.8, 4) is 16.9 Å². The van der Waals surface area contributed by atoms with Gasteiger partial charge >= 0.3 is 11.9 Å². The molecular formula is C23H19Cl2F4N5O3. The van der Waals surface area contributed by atoms with Gasteiger partial charge in [0.25, 0.3) is 0 Å². The number of benzene rings is 2. The monoisotopic (exact) mass is 559 g/mol. The highest BCUT2D eigenvalue weighted by atomic mass is 35.5. The molecule has 8 nitrogen and oxygen atoms in total. The molecule has 4 aromatic rings. The Kier molecular flexibility index (Phi) is 7.47. The highest BCUT2D eigenvalue weighted by Gasteiger charge is 2.39. The number of nitrogens with zero attached hydrogens (tertiary/aromatic N) is 5. The molecule has 2 unspecified atom stereocenters. The summed E-state index contributed by atoms with van der Waals surface area (Å²) in [6, 6.07) is 10.2. The lowest BCUT2D eigenvalue weighted by molar-refractivity contribution is -0.207. The van der Waals surface area contributed by atoms with E-state index in [0.717, 1.165) is 13.8 Å². The Morgan fingerprint density at radius 1 is 1.08 bits per heavy atom. The quantitative estimate of drug-likeness (QED) is 0.328. The molecule has 0 amide bonds. The zero-order valence-corrected chi connectivity index (χ0v) is 20.5. The second-order valence-corrected chi connectivity index (χ2v) is 8.99. The second kappa shape index (κ2) is 10.3. The average molecular weight is 560 g/mol. The van der Waals surface area contributed by atoms with Crippen molar-refractivity contribution in [2.45, 2.75) is 38.4 Å². The standard InChI is InChI=1S/C23H19Cl2F4N5O3/c1-12(35)21-30-19(31-34(21)16-4-2-3-15(25)20(16)26)11-32-9-17(13-5-7-14(24)8-6-13)33(22(32)37)10-18(36)23(27,28)29/h2-9,12,18,35-36H,10-11H2,1H3. The van der Waals surface area contributed by atoms with Gasteiger partial charge in [-0.1, -0.05) is 41.4 Å². The molecule has 2 N–H and O–H groups in total. The SMILES string of the molecule is CC(O)c1nc(Cn2cc(-c3ccc(Cl)cc3)n(CC(O)C(F)(F)F)c2=O)nn1-c1cccc(Cl)c1F. The van der Waals surface area contributed by atoms with Crippen LogP contribution in [0.25, 0.3) is 16.9 Å². The van der Waals surface area contributed by atoms with E-state index in [1.165, 1.54) is 55.6 Å². The third-order valence-corrected chi connectivity index (χ3v) is 5.98. The molecule has 2 atom stereocenters. The minimum absolute atomic E-state index is 0.0337. The lowest BCUT2D eigenvalue weighted by Gasteiger charge is -2.16. The first-order chi connectivity index (χ1) is 17.4. The Morgan fingerprint density at radius 3 is 2.38 bits per heavy atom. The predicted octanol–water partition coefficient (Wildman–Crippen LogP) is 4.37. The maximum Gasteiger partial charge on any atom is 0.416 e. The summed E-state index contributed by atoms with van der Waals surface area (Å²) in [5.74, 6) is -0.889. The molecule has 0 spiro atoms. The van der Waals surface area contributed by atoms with Gasteiger partial charge < -0.3 is 10.2 Å². The lowest BCUT2D eigenvalue weighted by Crippen LogP contribution is -2.37. The number of hydrogen-bond acceptors (Lipinski definition) is 5. The van der Waals surface area contributed by atoms with Crippen LogP contribution in [0.3, 0.4) is 0 Å². The minimum Gasteiger partial charge on any atom is -0.385 e. The highest BCUT2D eigenvalue weighted by Crippen LogP contribution is 2.26. The number of alkyl halides is 3. The van der Waals surface area contributed by atoms with Gasteiger partial charge in [-0.05, 0) is 36.8 Å². The van der Waals surface area contributed by atoms with Crippen LogP contribution in [-0.2, 0) is 13.1 Å². The van der Waals surface area contributed by atoms with Gasteiger partial charge in [-0.2, -0.15) is 13.2 Å². The van der Waals surface area contributed by atoms with Crippen LogP contribution in [0, 0.1) is 5.82 Å². The molecule has 2 heterocycles. The molecule has 2 aromatic heterocycles. The van der Waals surface area contributed by atoms with E-state index in [9.17, 15) is 32.6 Å². The first kappa shape index (κ1) is 26.9. The number of halogens is 6. The summed E-state index contributed by atoms with van der Waals surface area (Å²) in [5, 5.41) is 24.2. The molecule has 37 heavy (non-hydrogen) atoms. The van der Waals surface area contributed by atoms with Crippen molar-refractivity contribution in [3.05, 3.63) is 86.7 Å². The van der Waals surface area contributed by atoms with Crippen LogP contribution < -0.4 is 5.69 Å². The van der Waals surface area contributed by atoms with E-state index in [0.29, 0.717) is 10.6 Å². The van der Waals surface area contributed by atoms with Crippen LogP contribution in [0.15, 0.2) is 53.5 Å². The van der Waals surface area contributed by atoms with Crippen molar-refractivity contribution in [3.63, 3.8) is 0 Å². The Balaban J connectivity index is 1.79. The zero-order valence-electron chi connectivity index (χ0n) is 19.0. The third kappa shape index (κ3) is 5.57. The zero-order chi connectivity index (χ0) is 27.1. The largest absolute Gasteiger partial charge is 0.416 e. The average Bonchev–Trinajstić information content (AvgIpc) is 3.38. The molecular weight excluding hydrogens is 541 g/mol. The molecule has 0 saturated carbocycles. The van der Waals surface area contributed by atoms with Crippen LogP contribution in [0.2, 0.25) is 10.0 Å². The van der Waals surface area contributed by atoms with Crippen molar-refractivity contribution in [2.24, 2.45) is 0 Å². The number of hydrogen-bond donors (Lipinski definition) is 2. The number of rotatable bonds is 7. The molecule has 0 aliphatic rings. The van der Waals surface area contributed by atoms with Crippen molar-refractivity contribution in [2.75, 3.05) is 0 Å². The lowest BCUT2D eigenvalue weighted by atomic mass is 10.1. The smallest absolute Gasteiger partial charge is 0.385 e. The number of aliphatic hydroxyl groups is 2. The molecule has 196 valence electrons. The number of aliphatic hydroxyl groups excluding tert-OH is 2. The Morgan fingerprint density at radius 2 is 1.76 bits per heavy atom. The summed E-state index contributed by atoms with van der Waals surface area (Å²) in [6.07, 6.45) is -7.64. The van der Waals surface area contributed by atoms with Gasteiger partial charge in [0, 0.05) is 11.2 Å². The first-order valence-corrected chi connectivity index (χ1v) is 11.5. The van der Waals surface area contributed by atoms with E-state index in [2.05, 4.69) is 10.1 Å². The van der Waals surface area contributed by atoms with E-state index in [-0.39, 0.29) is 34.6 Å². The fourth-order valence-corrected chi connectivity index (χ4v) is 3.93. The normalized spacial score (nSPS) is 13.6. The van der Waals surface area contributed by atoms with Crippen LogP contribution >= 0.6 is 23.2 Å². The van der Waals surface area contributed by atoms with Gasteiger partial charge in [-0.15, -0.1) is 5.10 Å². The molecule has 0 aliphatic heterocycles. The maximum absolute atomic E-state index is 14.6. The Bertz CT molecular complexity index is 1480. The summed E-state index contributed by atoms with van der Waals surface area (Å²) in [5.41, 5.74) is -0.515. The maximum atomic E-state index is 14.6. The molecule has 14 heteroatoms. The van der Waals surface area contributed by atoms with Crippen LogP contribution in [0.1, 0.15) is 24.7 Å². The van der Waals surface area contributed by atoms with Gasteiger partial charge in [-0.3, -0.25) is 9.13 Å². The van der Waals surface area contributed by atoms with Gasteiger partial charge in [0.05, 0.1) is 23.8 Å². The molecule has 2 aromatic carbocycles. The molecule has 0 saturated heterocycles. The molecule has 0 radical (unpaired) electrons. The van der Waals surface area contributed by atoms with Gasteiger partial charge in [0.15, 0.2) is 23.6 Å². The van der Waals surface area contributed by atoms with Gasteiger partial charge in [0.2, 0.25) is 0 Å². The Labute approximate surface area is 216 Å². The van der Waals surface area contributed by atoms with E-state index in [1.54, 1.807) is 0 Å². The van der Waals surface area contributed by atoms with Crippen LogP contribution in [-0.4, -0.2) is 46.4 Å². The van der Waals surface area contributed by atoms with Crippen LogP contribution in [0.5, 0.6) is 0 Å². The summed E-state index contributed by atoms with van der Waals surface area (Å²) < 4.78 is 56.7. The second-order valence-electron chi connectivity index (χ2n) is 8.15. The van der Waals surface area contributed by atoms with Crippen molar-refractivity contribution < 1.29 is 27.8 Å². The summed E-state index contributed by atoms with van der Waals surface area (Å²) in [4.78, 5) is 17.3. The minimum atomic E-state index is -4.95. The van der Waals surface area contributed by atoms with Crippen molar-refractivity contribution in [1.29, 1.82) is 0 Å².